The van der Waals surface area contributed by atoms with Crippen molar-refractivity contribution in [3.05, 3.63) is 53.1 Å². The molecular weight excluding hydrogens is 371 g/mol. The van der Waals surface area contributed by atoms with E-state index >= 15 is 0 Å². The molecule has 6 nitrogen and oxygen atoms in total. The van der Waals surface area contributed by atoms with Gasteiger partial charge in [-0.2, -0.15) is 5.10 Å². The zero-order chi connectivity index (χ0) is 20.0. The highest BCUT2D eigenvalue weighted by atomic mass is 19.1. The van der Waals surface area contributed by atoms with Gasteiger partial charge in [0.15, 0.2) is 11.3 Å². The molecule has 1 aliphatic heterocycles. The van der Waals surface area contributed by atoms with E-state index < -0.39 is 5.97 Å². The quantitative estimate of drug-likeness (QED) is 0.699. The third-order valence-electron chi connectivity index (χ3n) is 6.26. The van der Waals surface area contributed by atoms with Gasteiger partial charge < -0.3 is 10.4 Å². The molecule has 0 atom stereocenters. The van der Waals surface area contributed by atoms with Gasteiger partial charge in [0, 0.05) is 11.3 Å². The van der Waals surface area contributed by atoms with Crippen LogP contribution in [0.2, 0.25) is 0 Å². The fourth-order valence-corrected chi connectivity index (χ4v) is 4.47. The lowest BCUT2D eigenvalue weighted by Gasteiger charge is -2.27. The Hall–Kier alpha value is -2.80. The molecule has 2 N–H and O–H groups in total. The highest BCUT2D eigenvalue weighted by Crippen LogP contribution is 2.43. The molecule has 5 rings (SSSR count). The molecule has 3 heterocycles. The normalized spacial score (nSPS) is 18.1. The summed E-state index contributed by atoms with van der Waals surface area (Å²) in [6.45, 7) is 1.84. The molecule has 29 heavy (non-hydrogen) atoms. The Morgan fingerprint density at radius 2 is 1.83 bits per heavy atom. The maximum atomic E-state index is 13.5. The fraction of sp³-hybridized carbons (Fsp3) is 0.409. The zero-order valence-corrected chi connectivity index (χ0v) is 16.1. The third-order valence-corrected chi connectivity index (χ3v) is 6.26. The molecule has 0 amide bonds. The van der Waals surface area contributed by atoms with Crippen LogP contribution in [0.5, 0.6) is 0 Å². The zero-order valence-electron chi connectivity index (χ0n) is 16.1. The van der Waals surface area contributed by atoms with Crippen LogP contribution in [-0.2, 0) is 0 Å². The number of rotatable bonds is 4. The molecular formula is C22H23FN4O2. The molecule has 0 radical (unpaired) electrons. The number of carboxylic acids is 1. The summed E-state index contributed by atoms with van der Waals surface area (Å²) in [7, 11) is 0. The van der Waals surface area contributed by atoms with E-state index in [-0.39, 0.29) is 17.4 Å². The first-order chi connectivity index (χ1) is 14.1. The van der Waals surface area contributed by atoms with Crippen molar-refractivity contribution in [1.82, 2.24) is 20.1 Å². The first-order valence-corrected chi connectivity index (χ1v) is 10.3. The van der Waals surface area contributed by atoms with E-state index in [1.54, 1.807) is 22.9 Å². The summed E-state index contributed by atoms with van der Waals surface area (Å²) in [5.74, 6) is -0.708. The Morgan fingerprint density at radius 1 is 1.10 bits per heavy atom. The minimum atomic E-state index is -1.04. The summed E-state index contributed by atoms with van der Waals surface area (Å²) in [6, 6.07) is 7.85. The van der Waals surface area contributed by atoms with Crippen molar-refractivity contribution in [2.24, 2.45) is 0 Å². The number of hydrogen-bond acceptors (Lipinski definition) is 4. The number of carbonyl (C=O) groups is 1. The molecule has 2 aromatic heterocycles. The molecule has 3 aromatic rings. The van der Waals surface area contributed by atoms with Crippen LogP contribution >= 0.6 is 0 Å². The van der Waals surface area contributed by atoms with Crippen LogP contribution in [0.1, 0.15) is 65.7 Å². The topological polar surface area (TPSA) is 80.0 Å². The number of nitrogens with zero attached hydrogens (tertiary/aromatic N) is 3. The number of aromatic nitrogens is 3. The predicted molar refractivity (Wildman–Crippen MR) is 107 cm³/mol. The van der Waals surface area contributed by atoms with Crippen molar-refractivity contribution in [2.75, 3.05) is 13.1 Å². The van der Waals surface area contributed by atoms with Crippen molar-refractivity contribution in [1.29, 1.82) is 0 Å². The first kappa shape index (κ1) is 18.2. The first-order valence-electron chi connectivity index (χ1n) is 10.3. The molecule has 1 saturated carbocycles. The molecule has 0 bridgehead atoms. The summed E-state index contributed by atoms with van der Waals surface area (Å²) in [5.41, 5.74) is 3.34. The monoisotopic (exact) mass is 394 g/mol. The number of halogens is 1. The molecule has 2 aliphatic rings. The van der Waals surface area contributed by atoms with Crippen LogP contribution in [0.15, 0.2) is 30.3 Å². The second-order valence-corrected chi connectivity index (χ2v) is 8.03. The van der Waals surface area contributed by atoms with Crippen LogP contribution < -0.4 is 5.32 Å². The number of fused-ring (bicyclic) bond motifs is 1. The Morgan fingerprint density at radius 3 is 2.45 bits per heavy atom. The maximum absolute atomic E-state index is 13.5. The van der Waals surface area contributed by atoms with Gasteiger partial charge >= 0.3 is 5.97 Å². The van der Waals surface area contributed by atoms with E-state index in [1.165, 1.54) is 18.6 Å². The van der Waals surface area contributed by atoms with Crippen LogP contribution in [0.25, 0.3) is 16.7 Å². The van der Waals surface area contributed by atoms with Gasteiger partial charge in [0.1, 0.15) is 5.82 Å². The number of pyridine rings is 1. The van der Waals surface area contributed by atoms with Gasteiger partial charge in [0.2, 0.25) is 0 Å². The van der Waals surface area contributed by atoms with E-state index in [2.05, 4.69) is 10.3 Å². The van der Waals surface area contributed by atoms with E-state index in [0.29, 0.717) is 17.3 Å². The number of benzene rings is 1. The standard InChI is InChI=1S/C22H23FN4O2/c23-15-4-6-16(7-5-15)27-21-19(20(26-27)14-2-1-3-14)17(12-18(25-21)22(28)29)13-8-10-24-11-9-13/h4-7,12-14,24H,1-3,8-11H2,(H,28,29). The minimum Gasteiger partial charge on any atom is -0.477 e. The highest BCUT2D eigenvalue weighted by molar-refractivity contribution is 5.92. The lowest BCUT2D eigenvalue weighted by Crippen LogP contribution is -2.27. The Labute approximate surface area is 167 Å². The van der Waals surface area contributed by atoms with Crippen molar-refractivity contribution in [3.8, 4) is 5.69 Å². The number of nitrogens with one attached hydrogen (secondary N) is 1. The summed E-state index contributed by atoms with van der Waals surface area (Å²) in [5, 5.41) is 18.9. The number of carboxylic acid groups (broad SMARTS) is 1. The average molecular weight is 394 g/mol. The van der Waals surface area contributed by atoms with Crippen molar-refractivity contribution >= 4 is 17.0 Å². The Balaban J connectivity index is 1.78. The lowest BCUT2D eigenvalue weighted by molar-refractivity contribution is 0.0690. The summed E-state index contributed by atoms with van der Waals surface area (Å²) in [6.07, 6.45) is 5.27. The van der Waals surface area contributed by atoms with Crippen molar-refractivity contribution in [2.45, 2.75) is 43.9 Å². The van der Waals surface area contributed by atoms with E-state index in [9.17, 15) is 14.3 Å². The molecule has 1 aliphatic carbocycles. The second kappa shape index (κ2) is 7.22. The molecule has 7 heteroatoms. The Bertz CT molecular complexity index is 1070. The average Bonchev–Trinajstić information content (AvgIpc) is 3.06. The van der Waals surface area contributed by atoms with E-state index in [0.717, 1.165) is 55.4 Å². The SMILES string of the molecule is O=C(O)c1cc(C2CCNCC2)c2c(C3CCC3)nn(-c3ccc(F)cc3)c2n1. The van der Waals surface area contributed by atoms with E-state index in [1.807, 2.05) is 0 Å². The van der Waals surface area contributed by atoms with Crippen LogP contribution in [-0.4, -0.2) is 38.9 Å². The van der Waals surface area contributed by atoms with E-state index in [4.69, 9.17) is 5.10 Å². The van der Waals surface area contributed by atoms with Crippen molar-refractivity contribution in [3.63, 3.8) is 0 Å². The molecule has 1 saturated heterocycles. The van der Waals surface area contributed by atoms with Crippen molar-refractivity contribution < 1.29 is 14.3 Å². The lowest BCUT2D eigenvalue weighted by atomic mass is 9.79. The van der Waals surface area contributed by atoms with Crippen LogP contribution in [0.3, 0.4) is 0 Å². The van der Waals surface area contributed by atoms with Gasteiger partial charge in [-0.25, -0.2) is 18.9 Å². The van der Waals surface area contributed by atoms with Gasteiger partial charge in [0.25, 0.3) is 0 Å². The number of aromatic carboxylic acids is 1. The second-order valence-electron chi connectivity index (χ2n) is 8.03. The molecule has 150 valence electrons. The van der Waals surface area contributed by atoms with Gasteiger partial charge in [-0.15, -0.1) is 0 Å². The number of piperidine rings is 1. The molecule has 1 aromatic carbocycles. The summed E-state index contributed by atoms with van der Waals surface area (Å²) >= 11 is 0. The van der Waals surface area contributed by atoms with Gasteiger partial charge in [-0.05, 0) is 80.6 Å². The van der Waals surface area contributed by atoms with Crippen LogP contribution in [0.4, 0.5) is 4.39 Å². The largest absolute Gasteiger partial charge is 0.477 e. The number of hydrogen-bond donors (Lipinski definition) is 2. The smallest absolute Gasteiger partial charge is 0.354 e. The molecule has 0 unspecified atom stereocenters. The molecule has 2 fully saturated rings. The third kappa shape index (κ3) is 3.19. The maximum Gasteiger partial charge on any atom is 0.354 e. The fourth-order valence-electron chi connectivity index (χ4n) is 4.47. The van der Waals surface area contributed by atoms with Gasteiger partial charge in [-0.1, -0.05) is 6.42 Å². The minimum absolute atomic E-state index is 0.0365. The van der Waals surface area contributed by atoms with Gasteiger partial charge in [0.05, 0.1) is 11.4 Å². The van der Waals surface area contributed by atoms with Gasteiger partial charge in [-0.3, -0.25) is 0 Å². The highest BCUT2D eigenvalue weighted by Gasteiger charge is 2.31. The molecule has 0 spiro atoms. The summed E-state index contributed by atoms with van der Waals surface area (Å²) < 4.78 is 15.2. The summed E-state index contributed by atoms with van der Waals surface area (Å²) in [4.78, 5) is 16.3. The predicted octanol–water partition coefficient (Wildman–Crippen LogP) is 3.99. The Kier molecular flexibility index (Phi) is 4.54. The van der Waals surface area contributed by atoms with Crippen LogP contribution in [0, 0.1) is 5.82 Å².